The van der Waals surface area contributed by atoms with Gasteiger partial charge in [-0.1, -0.05) is 24.3 Å². The predicted octanol–water partition coefficient (Wildman–Crippen LogP) is 2.87. The molecule has 6 heteroatoms. The third kappa shape index (κ3) is 5.01. The summed E-state index contributed by atoms with van der Waals surface area (Å²) in [6, 6.07) is 12.8. The van der Waals surface area contributed by atoms with Gasteiger partial charge in [-0.25, -0.2) is 4.39 Å². The smallest absolute Gasteiger partial charge is 0.256 e. The number of para-hydroxylation sites is 1. The summed E-state index contributed by atoms with van der Waals surface area (Å²) in [4.78, 5) is 29.0. The molecule has 0 aliphatic carbocycles. The number of nitrogens with zero attached hydrogens (tertiary/aromatic N) is 2. The molecule has 0 spiro atoms. The lowest BCUT2D eigenvalue weighted by Gasteiger charge is -2.32. The zero-order chi connectivity index (χ0) is 19.2. The molecule has 27 heavy (non-hydrogen) atoms. The van der Waals surface area contributed by atoms with Gasteiger partial charge in [-0.2, -0.15) is 0 Å². The van der Waals surface area contributed by atoms with Crippen molar-refractivity contribution in [2.75, 3.05) is 38.5 Å². The maximum absolute atomic E-state index is 12.9. The average Bonchev–Trinajstić information content (AvgIpc) is 2.68. The first kappa shape index (κ1) is 18.8. The molecule has 0 atom stereocenters. The Labute approximate surface area is 158 Å². The zero-order valence-electron chi connectivity index (χ0n) is 15.2. The number of hydrogen-bond acceptors (Lipinski definition) is 3. The van der Waals surface area contributed by atoms with Crippen LogP contribution < -0.4 is 5.32 Å². The zero-order valence-corrected chi connectivity index (χ0v) is 15.2. The number of anilines is 1. The van der Waals surface area contributed by atoms with Gasteiger partial charge in [0.1, 0.15) is 5.82 Å². The Morgan fingerprint density at radius 3 is 2.37 bits per heavy atom. The normalized spacial score (nSPS) is 15.1. The van der Waals surface area contributed by atoms with E-state index in [4.69, 9.17) is 0 Å². The van der Waals surface area contributed by atoms with Crippen LogP contribution in [-0.2, 0) is 4.79 Å². The van der Waals surface area contributed by atoms with Crippen molar-refractivity contribution in [2.45, 2.75) is 0 Å². The maximum atomic E-state index is 12.9. The van der Waals surface area contributed by atoms with E-state index in [0.29, 0.717) is 29.9 Å². The van der Waals surface area contributed by atoms with Crippen LogP contribution in [0.15, 0.2) is 54.6 Å². The summed E-state index contributed by atoms with van der Waals surface area (Å²) in [6.07, 6.45) is 2.96. The number of amides is 2. The van der Waals surface area contributed by atoms with E-state index in [9.17, 15) is 14.0 Å². The fraction of sp³-hybridized carbons (Fsp3) is 0.238. The van der Waals surface area contributed by atoms with Crippen molar-refractivity contribution < 1.29 is 14.0 Å². The molecule has 0 saturated carbocycles. The van der Waals surface area contributed by atoms with Gasteiger partial charge in [0.15, 0.2) is 0 Å². The average molecular weight is 367 g/mol. The molecular formula is C21H22FN3O2. The van der Waals surface area contributed by atoms with Crippen molar-refractivity contribution >= 4 is 23.6 Å². The number of carbonyl (C=O) groups is 2. The molecule has 140 valence electrons. The van der Waals surface area contributed by atoms with Crippen molar-refractivity contribution in [1.82, 2.24) is 9.80 Å². The number of piperazine rings is 1. The number of nitrogens with one attached hydrogen (secondary N) is 1. The minimum atomic E-state index is -0.349. The monoisotopic (exact) mass is 367 g/mol. The Balaban J connectivity index is 1.69. The molecule has 1 N–H and O–H groups in total. The molecule has 1 fully saturated rings. The van der Waals surface area contributed by atoms with Crippen molar-refractivity contribution in [3.63, 3.8) is 0 Å². The summed E-state index contributed by atoms with van der Waals surface area (Å²) in [5.41, 5.74) is 1.68. The quantitative estimate of drug-likeness (QED) is 0.846. The number of benzene rings is 2. The second kappa shape index (κ2) is 8.60. The van der Waals surface area contributed by atoms with E-state index >= 15 is 0 Å². The summed E-state index contributed by atoms with van der Waals surface area (Å²) in [7, 11) is 2.03. The Kier molecular flexibility index (Phi) is 5.98. The lowest BCUT2D eigenvalue weighted by atomic mass is 10.1. The van der Waals surface area contributed by atoms with Crippen molar-refractivity contribution in [3.8, 4) is 0 Å². The van der Waals surface area contributed by atoms with E-state index in [1.165, 1.54) is 18.2 Å². The number of likely N-dealkylation sites (N-methyl/N-ethyl adjacent to an activating group) is 1. The van der Waals surface area contributed by atoms with E-state index in [2.05, 4.69) is 10.2 Å². The van der Waals surface area contributed by atoms with Gasteiger partial charge in [-0.15, -0.1) is 0 Å². The van der Waals surface area contributed by atoms with Crippen molar-refractivity contribution in [2.24, 2.45) is 0 Å². The molecule has 0 radical (unpaired) electrons. The van der Waals surface area contributed by atoms with Crippen LogP contribution in [0, 0.1) is 5.82 Å². The van der Waals surface area contributed by atoms with Gasteiger partial charge >= 0.3 is 0 Å². The Bertz CT molecular complexity index is 841. The van der Waals surface area contributed by atoms with Crippen molar-refractivity contribution in [3.05, 3.63) is 71.6 Å². The highest BCUT2D eigenvalue weighted by Gasteiger charge is 2.22. The van der Waals surface area contributed by atoms with E-state index in [-0.39, 0.29) is 17.6 Å². The highest BCUT2D eigenvalue weighted by Crippen LogP contribution is 2.18. The number of rotatable bonds is 4. The van der Waals surface area contributed by atoms with Gasteiger partial charge in [-0.3, -0.25) is 9.59 Å². The van der Waals surface area contributed by atoms with Crippen LogP contribution in [0.25, 0.3) is 6.08 Å². The van der Waals surface area contributed by atoms with Gasteiger partial charge in [-0.05, 0) is 43.0 Å². The van der Waals surface area contributed by atoms with Crippen LogP contribution in [0.5, 0.6) is 0 Å². The predicted molar refractivity (Wildman–Crippen MR) is 104 cm³/mol. The lowest BCUT2D eigenvalue weighted by molar-refractivity contribution is -0.111. The number of halogens is 1. The standard InChI is InChI=1S/C21H22FN3O2/c1-24-12-14-25(15-13-24)21(27)18-4-2-3-5-19(18)23-20(26)11-8-16-6-9-17(22)10-7-16/h2-11H,12-15H2,1H3,(H,23,26). The first-order valence-electron chi connectivity index (χ1n) is 8.84. The minimum Gasteiger partial charge on any atom is -0.336 e. The Hall–Kier alpha value is -2.99. The van der Waals surface area contributed by atoms with E-state index in [0.717, 1.165) is 13.1 Å². The first-order chi connectivity index (χ1) is 13.0. The molecule has 0 aromatic heterocycles. The second-order valence-electron chi connectivity index (χ2n) is 6.52. The maximum Gasteiger partial charge on any atom is 0.256 e. The Morgan fingerprint density at radius 2 is 1.67 bits per heavy atom. The van der Waals surface area contributed by atoms with E-state index in [1.807, 2.05) is 7.05 Å². The van der Waals surface area contributed by atoms with Gasteiger partial charge < -0.3 is 15.1 Å². The molecule has 1 heterocycles. The minimum absolute atomic E-state index is 0.0819. The third-order valence-electron chi connectivity index (χ3n) is 4.50. The molecule has 3 rings (SSSR count). The molecule has 5 nitrogen and oxygen atoms in total. The number of carbonyl (C=O) groups excluding carboxylic acids is 2. The van der Waals surface area contributed by atoms with Gasteiger partial charge in [0.25, 0.3) is 5.91 Å². The molecule has 2 aromatic carbocycles. The number of hydrogen-bond donors (Lipinski definition) is 1. The van der Waals surface area contributed by atoms with Gasteiger partial charge in [0, 0.05) is 32.3 Å². The SMILES string of the molecule is CN1CCN(C(=O)c2ccccc2NC(=O)C=Cc2ccc(F)cc2)CC1. The molecule has 1 aliphatic heterocycles. The highest BCUT2D eigenvalue weighted by molar-refractivity contribution is 6.07. The third-order valence-corrected chi connectivity index (χ3v) is 4.50. The summed E-state index contributed by atoms with van der Waals surface area (Å²) < 4.78 is 12.9. The fourth-order valence-corrected chi connectivity index (χ4v) is 2.88. The van der Waals surface area contributed by atoms with Gasteiger partial charge in [0.05, 0.1) is 11.3 Å². The molecule has 2 amide bonds. The molecule has 0 unspecified atom stereocenters. The highest BCUT2D eigenvalue weighted by atomic mass is 19.1. The summed E-state index contributed by atoms with van der Waals surface area (Å²) >= 11 is 0. The van der Waals surface area contributed by atoms with Crippen molar-refractivity contribution in [1.29, 1.82) is 0 Å². The van der Waals surface area contributed by atoms with E-state index < -0.39 is 0 Å². The first-order valence-corrected chi connectivity index (χ1v) is 8.84. The fourth-order valence-electron chi connectivity index (χ4n) is 2.88. The second-order valence-corrected chi connectivity index (χ2v) is 6.52. The lowest BCUT2D eigenvalue weighted by Crippen LogP contribution is -2.47. The Morgan fingerprint density at radius 1 is 1.00 bits per heavy atom. The van der Waals surface area contributed by atoms with Crippen LogP contribution in [0.1, 0.15) is 15.9 Å². The van der Waals surface area contributed by atoms with Gasteiger partial charge in [0.2, 0.25) is 5.91 Å². The summed E-state index contributed by atoms with van der Waals surface area (Å²) in [5, 5.41) is 2.76. The summed E-state index contributed by atoms with van der Waals surface area (Å²) in [5.74, 6) is -0.757. The molecule has 2 aromatic rings. The largest absolute Gasteiger partial charge is 0.336 e. The summed E-state index contributed by atoms with van der Waals surface area (Å²) in [6.45, 7) is 3.01. The van der Waals surface area contributed by atoms with Crippen LogP contribution in [0.3, 0.4) is 0 Å². The van der Waals surface area contributed by atoms with Crippen LogP contribution in [-0.4, -0.2) is 54.8 Å². The molecule has 1 aliphatic rings. The molecular weight excluding hydrogens is 345 g/mol. The molecule has 1 saturated heterocycles. The van der Waals surface area contributed by atoms with Crippen LogP contribution in [0.4, 0.5) is 10.1 Å². The van der Waals surface area contributed by atoms with Crippen LogP contribution >= 0.6 is 0 Å². The molecule has 0 bridgehead atoms. The van der Waals surface area contributed by atoms with Crippen LogP contribution in [0.2, 0.25) is 0 Å². The topological polar surface area (TPSA) is 52.6 Å². The van der Waals surface area contributed by atoms with E-state index in [1.54, 1.807) is 47.4 Å².